The summed E-state index contributed by atoms with van der Waals surface area (Å²) in [5.41, 5.74) is 11.2. The lowest BCUT2D eigenvalue weighted by molar-refractivity contribution is -0.908. The van der Waals surface area contributed by atoms with Crippen LogP contribution in [0.2, 0.25) is 0 Å². The lowest BCUT2D eigenvalue weighted by Gasteiger charge is -2.34. The second-order valence-electron chi connectivity index (χ2n) is 11.9. The summed E-state index contributed by atoms with van der Waals surface area (Å²) in [5, 5.41) is 0. The van der Waals surface area contributed by atoms with E-state index in [0.29, 0.717) is 0 Å². The van der Waals surface area contributed by atoms with Crippen LogP contribution in [0.25, 0.3) is 0 Å². The lowest BCUT2D eigenvalue weighted by atomic mass is 10.0. The van der Waals surface area contributed by atoms with E-state index in [0.717, 1.165) is 17.6 Å². The van der Waals surface area contributed by atoms with Crippen molar-refractivity contribution in [3.05, 3.63) is 0 Å². The number of unbranched alkanes of at least 4 members (excludes halogenated alkanes) is 22. The number of hydrogen-bond acceptors (Lipinski definition) is 1. The van der Waals surface area contributed by atoms with E-state index in [9.17, 15) is 0 Å². The molecule has 0 aliphatic carbocycles. The molecule has 0 amide bonds. The number of hydrogen-bond donors (Lipinski definition) is 2. The van der Waals surface area contributed by atoms with Gasteiger partial charge in [-0.05, 0) is 25.7 Å². The van der Waals surface area contributed by atoms with E-state index in [2.05, 4.69) is 25.9 Å². The number of rotatable bonds is 29. The van der Waals surface area contributed by atoms with Crippen molar-refractivity contribution in [3.63, 3.8) is 0 Å². The molecule has 0 saturated carbocycles. The average Bonchev–Trinajstić information content (AvgIpc) is 2.85. The van der Waals surface area contributed by atoms with E-state index in [4.69, 9.17) is 11.5 Å². The minimum Gasteiger partial charge on any atom is -1.00 e. The number of halogens is 2. The van der Waals surface area contributed by atoms with Gasteiger partial charge in [0.1, 0.15) is 0 Å². The fraction of sp³-hybridized carbons (Fsp3) is 0.969. The van der Waals surface area contributed by atoms with Crippen LogP contribution in [-0.2, 0) is 0 Å². The second-order valence-corrected chi connectivity index (χ2v) is 11.9. The van der Waals surface area contributed by atoms with Crippen molar-refractivity contribution >= 4 is 18.4 Å². The topological polar surface area (TPSA) is 64.4 Å². The Morgan fingerprint density at radius 2 is 0.737 bits per heavy atom. The third-order valence-corrected chi connectivity index (χ3v) is 8.04. The van der Waals surface area contributed by atoms with Crippen LogP contribution in [0.4, 0.5) is 0 Å². The van der Waals surface area contributed by atoms with Crippen molar-refractivity contribution in [2.75, 3.05) is 33.2 Å². The third kappa shape index (κ3) is 32.0. The van der Waals surface area contributed by atoms with Crippen LogP contribution in [0.3, 0.4) is 0 Å². The number of quaternary nitrogens is 1. The molecule has 0 aliphatic heterocycles. The summed E-state index contributed by atoms with van der Waals surface area (Å²) >= 11 is 0. The van der Waals surface area contributed by atoms with Crippen LogP contribution < -0.4 is 23.9 Å². The molecule has 0 saturated heterocycles. The molecule has 0 spiro atoms. The normalized spacial score (nSPS) is 11.1. The van der Waals surface area contributed by atoms with Gasteiger partial charge in [-0.2, -0.15) is 0 Å². The van der Waals surface area contributed by atoms with Crippen molar-refractivity contribution < 1.29 is 16.9 Å². The number of nitrogens with zero attached hydrogens (tertiary/aromatic N) is 2. The van der Waals surface area contributed by atoms with E-state index in [1.54, 1.807) is 0 Å². The Morgan fingerprint density at radius 3 is 1.00 bits per heavy atom. The second kappa shape index (κ2) is 33.0. The van der Waals surface area contributed by atoms with Crippen LogP contribution >= 0.6 is 12.4 Å². The molecule has 0 aromatic carbocycles. The molecule has 0 radical (unpaired) electrons. The summed E-state index contributed by atoms with van der Waals surface area (Å²) in [6.45, 7) is 8.96. The Kier molecular flexibility index (Phi) is 36.7. The van der Waals surface area contributed by atoms with E-state index < -0.39 is 0 Å². The smallest absolute Gasteiger partial charge is 0.186 e. The van der Waals surface area contributed by atoms with Gasteiger partial charge in [0, 0.05) is 0 Å². The minimum atomic E-state index is 0. The van der Waals surface area contributed by atoms with Gasteiger partial charge >= 0.3 is 0 Å². The first kappa shape index (κ1) is 42.3. The quantitative estimate of drug-likeness (QED) is 0.0456. The summed E-state index contributed by atoms with van der Waals surface area (Å²) in [4.78, 5) is 4.29. The largest absolute Gasteiger partial charge is 1.00 e. The third-order valence-electron chi connectivity index (χ3n) is 8.04. The molecule has 0 bridgehead atoms. The van der Waals surface area contributed by atoms with Crippen molar-refractivity contribution in [2.24, 2.45) is 16.5 Å². The molecule has 0 heterocycles. The van der Waals surface area contributed by atoms with Crippen LogP contribution in [0.15, 0.2) is 4.99 Å². The maximum absolute atomic E-state index is 5.58. The molecule has 0 aromatic heterocycles. The Balaban J connectivity index is -0.00000612. The molecule has 38 heavy (non-hydrogen) atoms. The summed E-state index contributed by atoms with van der Waals surface area (Å²) in [7, 11) is 2.43. The molecular weight excluding hydrogens is 511 g/mol. The van der Waals surface area contributed by atoms with Gasteiger partial charge in [0.2, 0.25) is 0 Å². The first-order valence-electron chi connectivity index (χ1n) is 16.4. The maximum Gasteiger partial charge on any atom is 0.186 e. The van der Waals surface area contributed by atoms with E-state index in [1.165, 1.54) is 167 Å². The van der Waals surface area contributed by atoms with Crippen LogP contribution in [-0.4, -0.2) is 43.7 Å². The molecule has 0 aromatic rings. The van der Waals surface area contributed by atoms with Crippen LogP contribution in [0.5, 0.6) is 0 Å². The Labute approximate surface area is 252 Å². The highest BCUT2D eigenvalue weighted by atomic mass is 35.5. The van der Waals surface area contributed by atoms with Crippen LogP contribution in [0, 0.1) is 0 Å². The predicted octanol–water partition coefficient (Wildman–Crippen LogP) is 6.53. The SMILES string of the molecule is CCCCCCCCCCCCCC[N+](C)(CCCCCCCCCCCCCC)CCN=C(N)N.Cl.[Cl-]. The number of nitrogens with two attached hydrogens (primary N) is 2. The van der Waals surface area contributed by atoms with Gasteiger partial charge in [-0.15, -0.1) is 12.4 Å². The van der Waals surface area contributed by atoms with Gasteiger partial charge in [0.05, 0.1) is 33.2 Å². The molecule has 0 aliphatic rings. The minimum absolute atomic E-state index is 0. The zero-order valence-electron chi connectivity index (χ0n) is 26.1. The summed E-state index contributed by atoms with van der Waals surface area (Å²) in [5.74, 6) is 0.234. The lowest BCUT2D eigenvalue weighted by Crippen LogP contribution is -3.00. The predicted molar refractivity (Wildman–Crippen MR) is 171 cm³/mol. The Bertz CT molecular complexity index is 442. The highest BCUT2D eigenvalue weighted by Gasteiger charge is 2.20. The fourth-order valence-corrected chi connectivity index (χ4v) is 5.42. The van der Waals surface area contributed by atoms with Gasteiger partial charge in [0.25, 0.3) is 0 Å². The molecule has 0 unspecified atom stereocenters. The molecule has 0 fully saturated rings. The average molecular weight is 582 g/mol. The van der Waals surface area contributed by atoms with Gasteiger partial charge in [-0.25, -0.2) is 4.99 Å². The molecule has 0 rings (SSSR count). The maximum atomic E-state index is 5.58. The number of aliphatic imine (C=N–C) groups is 1. The fourth-order valence-electron chi connectivity index (χ4n) is 5.42. The first-order valence-corrected chi connectivity index (χ1v) is 16.4. The molecule has 4 nitrogen and oxygen atoms in total. The monoisotopic (exact) mass is 580 g/mol. The zero-order chi connectivity index (χ0) is 26.6. The molecule has 232 valence electrons. The Hall–Kier alpha value is -0.190. The van der Waals surface area contributed by atoms with E-state index in [1.807, 2.05) is 0 Å². The van der Waals surface area contributed by atoms with Gasteiger partial charge in [0.15, 0.2) is 5.96 Å². The standard InChI is InChI=1S/C32H69N4.2ClH/c1-4-6-8-10-12-14-16-18-20-22-24-26-29-36(3,31-28-35-32(33)34)30-27-25-23-21-19-17-15-13-11-9-7-5-2;;/h4-31H2,1-3H3,(H4,33,34,35);2*1H/q+1;;/p-1. The van der Waals surface area contributed by atoms with Gasteiger partial charge < -0.3 is 28.4 Å². The number of guanidine groups is 1. The first-order chi connectivity index (χ1) is 17.5. The summed E-state index contributed by atoms with van der Waals surface area (Å²) < 4.78 is 1.13. The summed E-state index contributed by atoms with van der Waals surface area (Å²) in [6.07, 6.45) is 34.0. The summed E-state index contributed by atoms with van der Waals surface area (Å²) in [6, 6.07) is 0. The van der Waals surface area contributed by atoms with Crippen molar-refractivity contribution in [1.29, 1.82) is 0 Å². The van der Waals surface area contributed by atoms with Crippen molar-refractivity contribution in [1.82, 2.24) is 0 Å². The molecule has 6 heteroatoms. The van der Waals surface area contributed by atoms with Crippen LogP contribution in [0.1, 0.15) is 168 Å². The zero-order valence-corrected chi connectivity index (χ0v) is 27.7. The van der Waals surface area contributed by atoms with E-state index in [-0.39, 0.29) is 30.8 Å². The number of likely N-dealkylation sites (N-methyl/N-ethyl adjacent to an activating group) is 1. The van der Waals surface area contributed by atoms with Crippen molar-refractivity contribution in [2.45, 2.75) is 168 Å². The van der Waals surface area contributed by atoms with E-state index >= 15 is 0 Å². The highest BCUT2D eigenvalue weighted by molar-refractivity contribution is 5.85. The van der Waals surface area contributed by atoms with Gasteiger partial charge in [-0.3, -0.25) is 0 Å². The highest BCUT2D eigenvalue weighted by Crippen LogP contribution is 2.16. The van der Waals surface area contributed by atoms with Gasteiger partial charge in [-0.1, -0.05) is 142 Å². The Morgan fingerprint density at radius 1 is 0.474 bits per heavy atom. The van der Waals surface area contributed by atoms with Crippen molar-refractivity contribution in [3.8, 4) is 0 Å². The molecular formula is C32H70Cl2N4. The molecule has 0 atom stereocenters. The molecule has 4 N–H and O–H groups in total.